The molecule has 2 heterocycles. The summed E-state index contributed by atoms with van der Waals surface area (Å²) in [5.41, 5.74) is 1.31. The largest absolute Gasteiger partial charge is 0.355 e. The number of hydroxylamine groups is 1. The number of halogens is 1. The molecule has 0 saturated carbocycles. The molecule has 0 aliphatic rings. The maximum absolute atomic E-state index is 6.06. The molecule has 0 amide bonds. The zero-order valence-electron chi connectivity index (χ0n) is 13.4. The van der Waals surface area contributed by atoms with Gasteiger partial charge in [0.05, 0.1) is 13.3 Å². The zero-order chi connectivity index (χ0) is 16.1. The van der Waals surface area contributed by atoms with Crippen molar-refractivity contribution in [1.29, 1.82) is 0 Å². The third kappa shape index (κ3) is 3.53. The first-order chi connectivity index (χ1) is 10.6. The third-order valence-corrected chi connectivity index (χ3v) is 3.39. The van der Waals surface area contributed by atoms with Crippen molar-refractivity contribution in [2.45, 2.75) is 26.7 Å². The molecule has 2 aromatic rings. The number of hydrogen-bond acceptors (Lipinski definition) is 7. The zero-order valence-corrected chi connectivity index (χ0v) is 14.1. The molecule has 0 unspecified atom stereocenters. The van der Waals surface area contributed by atoms with Gasteiger partial charge in [0.25, 0.3) is 0 Å². The summed E-state index contributed by atoms with van der Waals surface area (Å²) in [6, 6.07) is 0. The van der Waals surface area contributed by atoms with Crippen molar-refractivity contribution in [1.82, 2.24) is 19.9 Å². The Kier molecular flexibility index (Phi) is 5.68. The molecule has 22 heavy (non-hydrogen) atoms. The first-order valence-electron chi connectivity index (χ1n) is 7.33. The standard InChI is InChI=1S/C14H21ClN6O/c1-5-7-21(8-6-2)12-11-10(17-13(15)19-12)9-16-14(18-11)20(3)22-4/h9H,5-8H2,1-4H3. The van der Waals surface area contributed by atoms with Crippen molar-refractivity contribution in [3.05, 3.63) is 11.5 Å². The van der Waals surface area contributed by atoms with Gasteiger partial charge < -0.3 is 4.90 Å². The van der Waals surface area contributed by atoms with E-state index in [0.717, 1.165) is 31.7 Å². The molecule has 0 saturated heterocycles. The SMILES string of the molecule is CCCN(CCC)c1nc(Cl)nc2cnc(N(C)OC)nc12. The molecular weight excluding hydrogens is 304 g/mol. The molecular formula is C14H21ClN6O. The minimum atomic E-state index is 0.205. The molecule has 0 spiro atoms. The van der Waals surface area contributed by atoms with Gasteiger partial charge in [0.2, 0.25) is 11.2 Å². The molecule has 0 bridgehead atoms. The maximum Gasteiger partial charge on any atom is 0.250 e. The molecule has 8 heteroatoms. The van der Waals surface area contributed by atoms with Crippen LogP contribution in [0.15, 0.2) is 6.20 Å². The van der Waals surface area contributed by atoms with E-state index >= 15 is 0 Å². The molecule has 2 aromatic heterocycles. The average Bonchev–Trinajstić information content (AvgIpc) is 2.52. The van der Waals surface area contributed by atoms with E-state index in [1.54, 1.807) is 20.4 Å². The molecule has 0 radical (unpaired) electrons. The normalized spacial score (nSPS) is 11.0. The predicted molar refractivity (Wildman–Crippen MR) is 88.3 cm³/mol. The van der Waals surface area contributed by atoms with Crippen LogP contribution >= 0.6 is 11.6 Å². The van der Waals surface area contributed by atoms with Gasteiger partial charge in [-0.15, -0.1) is 0 Å². The Balaban J connectivity index is 2.58. The first kappa shape index (κ1) is 16.6. The lowest BCUT2D eigenvalue weighted by Gasteiger charge is -2.23. The Bertz CT molecular complexity index is 632. The predicted octanol–water partition coefficient (Wildman–Crippen LogP) is 2.70. The molecule has 120 valence electrons. The van der Waals surface area contributed by atoms with E-state index in [4.69, 9.17) is 16.4 Å². The van der Waals surface area contributed by atoms with Crippen LogP contribution in [0.25, 0.3) is 11.0 Å². The van der Waals surface area contributed by atoms with E-state index in [1.165, 1.54) is 5.06 Å². The summed E-state index contributed by atoms with van der Waals surface area (Å²) in [6.07, 6.45) is 3.67. The summed E-state index contributed by atoms with van der Waals surface area (Å²) in [7, 11) is 3.31. The van der Waals surface area contributed by atoms with Crippen LogP contribution in [0, 0.1) is 0 Å². The van der Waals surface area contributed by atoms with Gasteiger partial charge in [-0.05, 0) is 24.4 Å². The Morgan fingerprint density at radius 1 is 1.14 bits per heavy atom. The van der Waals surface area contributed by atoms with Gasteiger partial charge in [0.15, 0.2) is 5.82 Å². The number of rotatable bonds is 7. The van der Waals surface area contributed by atoms with Crippen LogP contribution in [0.5, 0.6) is 0 Å². The van der Waals surface area contributed by atoms with Gasteiger partial charge >= 0.3 is 0 Å². The summed E-state index contributed by atoms with van der Waals surface area (Å²) in [6.45, 7) is 6.03. The first-order valence-corrected chi connectivity index (χ1v) is 7.71. The van der Waals surface area contributed by atoms with Gasteiger partial charge in [-0.2, -0.15) is 4.98 Å². The van der Waals surface area contributed by atoms with Crippen molar-refractivity contribution < 1.29 is 4.84 Å². The Morgan fingerprint density at radius 3 is 2.41 bits per heavy atom. The minimum absolute atomic E-state index is 0.205. The number of nitrogens with zero attached hydrogens (tertiary/aromatic N) is 6. The van der Waals surface area contributed by atoms with Crippen LogP contribution in [0.3, 0.4) is 0 Å². The van der Waals surface area contributed by atoms with Crippen LogP contribution in [0.2, 0.25) is 5.28 Å². The number of aromatic nitrogens is 4. The van der Waals surface area contributed by atoms with Crippen LogP contribution in [-0.4, -0.2) is 47.2 Å². The topological polar surface area (TPSA) is 67.3 Å². The smallest absolute Gasteiger partial charge is 0.250 e. The molecule has 7 nitrogen and oxygen atoms in total. The highest BCUT2D eigenvalue weighted by atomic mass is 35.5. The van der Waals surface area contributed by atoms with E-state index in [9.17, 15) is 0 Å². The molecule has 0 N–H and O–H groups in total. The van der Waals surface area contributed by atoms with Crippen LogP contribution in [0.1, 0.15) is 26.7 Å². The summed E-state index contributed by atoms with van der Waals surface area (Å²) in [5, 5.41) is 1.69. The Morgan fingerprint density at radius 2 is 1.82 bits per heavy atom. The van der Waals surface area contributed by atoms with Crippen molar-refractivity contribution in [3.63, 3.8) is 0 Å². The molecule has 0 fully saturated rings. The monoisotopic (exact) mass is 324 g/mol. The number of fused-ring (bicyclic) bond motifs is 1. The highest BCUT2D eigenvalue weighted by Gasteiger charge is 2.16. The highest BCUT2D eigenvalue weighted by molar-refractivity contribution is 6.28. The number of anilines is 2. The van der Waals surface area contributed by atoms with Crippen LogP contribution in [0.4, 0.5) is 11.8 Å². The van der Waals surface area contributed by atoms with Crippen LogP contribution < -0.4 is 9.96 Å². The van der Waals surface area contributed by atoms with Gasteiger partial charge in [0.1, 0.15) is 11.0 Å². The van der Waals surface area contributed by atoms with Gasteiger partial charge in [-0.25, -0.2) is 20.0 Å². The van der Waals surface area contributed by atoms with Crippen molar-refractivity contribution in [3.8, 4) is 0 Å². The lowest BCUT2D eigenvalue weighted by atomic mass is 10.3. The van der Waals surface area contributed by atoms with E-state index < -0.39 is 0 Å². The number of hydrogen-bond donors (Lipinski definition) is 0. The second-order valence-electron chi connectivity index (χ2n) is 4.89. The van der Waals surface area contributed by atoms with Gasteiger partial charge in [-0.1, -0.05) is 13.8 Å². The second kappa shape index (κ2) is 7.51. The quantitative estimate of drug-likeness (QED) is 0.573. The van der Waals surface area contributed by atoms with Crippen LogP contribution in [-0.2, 0) is 4.84 Å². The molecule has 0 aromatic carbocycles. The molecule has 0 aliphatic carbocycles. The fraction of sp³-hybridized carbons (Fsp3) is 0.571. The van der Waals surface area contributed by atoms with E-state index in [1.807, 2.05) is 0 Å². The summed E-state index contributed by atoms with van der Waals surface area (Å²) in [4.78, 5) is 24.7. The summed E-state index contributed by atoms with van der Waals surface area (Å²) >= 11 is 6.06. The summed E-state index contributed by atoms with van der Waals surface area (Å²) < 4.78 is 0. The fourth-order valence-corrected chi connectivity index (χ4v) is 2.37. The van der Waals surface area contributed by atoms with Gasteiger partial charge in [-0.3, -0.25) is 4.84 Å². The lowest BCUT2D eigenvalue weighted by Crippen LogP contribution is -2.27. The van der Waals surface area contributed by atoms with Crippen molar-refractivity contribution in [2.24, 2.45) is 0 Å². The highest BCUT2D eigenvalue weighted by Crippen LogP contribution is 2.25. The maximum atomic E-state index is 6.06. The Hall–Kier alpha value is -1.73. The van der Waals surface area contributed by atoms with E-state index in [0.29, 0.717) is 17.0 Å². The third-order valence-electron chi connectivity index (χ3n) is 3.22. The fourth-order valence-electron chi connectivity index (χ4n) is 2.19. The molecule has 0 atom stereocenters. The molecule has 2 rings (SSSR count). The average molecular weight is 325 g/mol. The van der Waals surface area contributed by atoms with Crippen molar-refractivity contribution >= 4 is 34.4 Å². The second-order valence-corrected chi connectivity index (χ2v) is 5.23. The summed E-state index contributed by atoms with van der Waals surface area (Å²) in [5.74, 6) is 1.20. The van der Waals surface area contributed by atoms with Gasteiger partial charge in [0, 0.05) is 20.1 Å². The Labute approximate surface area is 135 Å². The van der Waals surface area contributed by atoms with E-state index in [-0.39, 0.29) is 5.28 Å². The van der Waals surface area contributed by atoms with E-state index in [2.05, 4.69) is 38.7 Å². The lowest BCUT2D eigenvalue weighted by molar-refractivity contribution is 0.180. The minimum Gasteiger partial charge on any atom is -0.355 e. The van der Waals surface area contributed by atoms with Crippen molar-refractivity contribution in [2.75, 3.05) is 37.2 Å². The molecule has 0 aliphatic heterocycles.